The van der Waals surface area contributed by atoms with Gasteiger partial charge in [0.1, 0.15) is 0 Å². The number of hydrogen-bond acceptors (Lipinski definition) is 1. The molecular formula is C12H13N. The molecule has 0 amide bonds. The second kappa shape index (κ2) is 3.64. The molecule has 0 bridgehead atoms. The van der Waals surface area contributed by atoms with Gasteiger partial charge in [0.05, 0.1) is 7.92 Å². The van der Waals surface area contributed by atoms with E-state index in [4.69, 9.17) is 7.79 Å². The smallest absolute Gasteiger partial charge is 0.0578 e. The molecule has 1 N–H and O–H groups in total. The van der Waals surface area contributed by atoms with Gasteiger partial charge in [0.2, 0.25) is 0 Å². The van der Waals surface area contributed by atoms with E-state index >= 15 is 0 Å². The van der Waals surface area contributed by atoms with Crippen molar-refractivity contribution in [2.24, 2.45) is 0 Å². The number of hydrogen-bond donors (Lipinski definition) is 1. The lowest BCUT2D eigenvalue weighted by Crippen LogP contribution is -2.19. The van der Waals surface area contributed by atoms with Gasteiger partial charge in [-0.25, -0.2) is 0 Å². The van der Waals surface area contributed by atoms with Crippen molar-refractivity contribution in [3.8, 4) is 12.3 Å². The molecule has 0 fully saturated rings. The second-order valence-corrected chi connectivity index (χ2v) is 3.19. The lowest BCUT2D eigenvalue weighted by molar-refractivity contribution is 0.568. The van der Waals surface area contributed by atoms with Gasteiger partial charge in [0, 0.05) is 6.02 Å². The predicted molar refractivity (Wildman–Crippen MR) is 54.3 cm³/mol. The van der Waals surface area contributed by atoms with Crippen LogP contribution in [0.5, 0.6) is 0 Å². The summed E-state index contributed by atoms with van der Waals surface area (Å²) in [6.45, 7) is 0.456. The third-order valence-electron chi connectivity index (χ3n) is 2.39. The fraction of sp³-hybridized carbons (Fsp3) is 0.333. The molecule has 1 nitrogen and oxygen atoms in total. The summed E-state index contributed by atoms with van der Waals surface area (Å²) in [5, 5.41) is 3.09. The molecule has 1 aliphatic carbocycles. The first-order valence-corrected chi connectivity index (χ1v) is 4.53. The summed E-state index contributed by atoms with van der Waals surface area (Å²) in [5.74, 6) is 2.52. The van der Waals surface area contributed by atoms with Crippen molar-refractivity contribution >= 4 is 0 Å². The monoisotopic (exact) mass is 172 g/mol. The summed E-state index contributed by atoms with van der Waals surface area (Å²) in [5.41, 5.74) is 2.35. The minimum Gasteiger partial charge on any atom is -0.299 e. The van der Waals surface area contributed by atoms with Crippen LogP contribution in [0.2, 0.25) is 0 Å². The minimum absolute atomic E-state index is 0.456. The van der Waals surface area contributed by atoms with Gasteiger partial charge in [0.25, 0.3) is 0 Å². The van der Waals surface area contributed by atoms with Gasteiger partial charge in [0.15, 0.2) is 0 Å². The molecule has 0 aliphatic heterocycles. The zero-order chi connectivity index (χ0) is 10.0. The van der Waals surface area contributed by atoms with E-state index in [1.807, 2.05) is 18.2 Å². The van der Waals surface area contributed by atoms with Crippen molar-refractivity contribution in [3.05, 3.63) is 35.4 Å². The largest absolute Gasteiger partial charge is 0.299 e. The number of benzene rings is 1. The standard InChI is InChI=1S/C12H13N/c1-2-9-13-12-8-7-10-5-3-4-6-11(10)12/h1,3-6,12-13H,7-9H2/i12D. The van der Waals surface area contributed by atoms with E-state index in [-0.39, 0.29) is 0 Å². The first kappa shape index (κ1) is 7.17. The quantitative estimate of drug-likeness (QED) is 0.672. The van der Waals surface area contributed by atoms with Gasteiger partial charge < -0.3 is 0 Å². The first-order chi connectivity index (χ1) is 6.76. The van der Waals surface area contributed by atoms with Crippen LogP contribution in [0.1, 0.15) is 24.9 Å². The maximum absolute atomic E-state index is 8.26. The van der Waals surface area contributed by atoms with E-state index in [9.17, 15) is 0 Å². The highest BCUT2D eigenvalue weighted by molar-refractivity contribution is 5.34. The molecule has 1 atom stereocenters. The van der Waals surface area contributed by atoms with Gasteiger partial charge in [-0.1, -0.05) is 30.2 Å². The van der Waals surface area contributed by atoms with Crippen LogP contribution in [-0.2, 0) is 6.42 Å². The van der Waals surface area contributed by atoms with Crippen LogP contribution in [0.25, 0.3) is 0 Å². The fourth-order valence-corrected chi connectivity index (χ4v) is 1.77. The molecule has 0 aromatic heterocycles. The molecule has 0 radical (unpaired) electrons. The van der Waals surface area contributed by atoms with Crippen LogP contribution in [0.15, 0.2) is 24.3 Å². The van der Waals surface area contributed by atoms with Gasteiger partial charge in [-0.2, -0.15) is 0 Å². The van der Waals surface area contributed by atoms with Crippen LogP contribution in [0, 0.1) is 12.3 Å². The molecule has 1 unspecified atom stereocenters. The first-order valence-electron chi connectivity index (χ1n) is 5.03. The molecule has 1 aliphatic rings. The highest BCUT2D eigenvalue weighted by Gasteiger charge is 2.20. The summed E-state index contributed by atoms with van der Waals surface area (Å²) < 4.78 is 8.26. The van der Waals surface area contributed by atoms with Crippen molar-refractivity contribution in [2.75, 3.05) is 6.54 Å². The van der Waals surface area contributed by atoms with E-state index in [2.05, 4.69) is 17.3 Å². The lowest BCUT2D eigenvalue weighted by atomic mass is 10.1. The minimum atomic E-state index is -0.664. The molecule has 1 aromatic rings. The molecule has 13 heavy (non-hydrogen) atoms. The van der Waals surface area contributed by atoms with E-state index in [1.54, 1.807) is 0 Å². The molecular weight excluding hydrogens is 158 g/mol. The second-order valence-electron chi connectivity index (χ2n) is 3.19. The normalized spacial score (nSPS) is 26.2. The predicted octanol–water partition coefficient (Wildman–Crippen LogP) is 1.90. The molecule has 66 valence electrons. The Morgan fingerprint density at radius 1 is 1.62 bits per heavy atom. The number of aryl methyl sites for hydroxylation is 1. The Balaban J connectivity index is 2.29. The van der Waals surface area contributed by atoms with E-state index in [0.29, 0.717) is 6.54 Å². The number of nitrogens with one attached hydrogen (secondary N) is 1. The Labute approximate surface area is 80.6 Å². The summed E-state index contributed by atoms with van der Waals surface area (Å²) in [7, 11) is 0. The Kier molecular flexibility index (Phi) is 2.01. The summed E-state index contributed by atoms with van der Waals surface area (Å²) >= 11 is 0. The fourth-order valence-electron chi connectivity index (χ4n) is 1.77. The molecule has 0 spiro atoms. The average molecular weight is 172 g/mol. The van der Waals surface area contributed by atoms with Crippen molar-refractivity contribution in [3.63, 3.8) is 0 Å². The van der Waals surface area contributed by atoms with Crippen molar-refractivity contribution in [2.45, 2.75) is 18.9 Å². The molecule has 1 heteroatoms. The summed E-state index contributed by atoms with van der Waals surface area (Å²) in [6.07, 6.45) is 6.97. The molecule has 0 saturated heterocycles. The van der Waals surface area contributed by atoms with Crippen LogP contribution in [0.4, 0.5) is 0 Å². The lowest BCUT2D eigenvalue weighted by Gasteiger charge is -2.10. The third-order valence-corrected chi connectivity index (χ3v) is 2.39. The van der Waals surface area contributed by atoms with Gasteiger partial charge in [-0.15, -0.1) is 6.42 Å². The molecule has 0 saturated carbocycles. The third kappa shape index (κ3) is 1.59. The van der Waals surface area contributed by atoms with Gasteiger partial charge in [-0.05, 0) is 24.0 Å². The Bertz CT molecular complexity index is 380. The van der Waals surface area contributed by atoms with Crippen molar-refractivity contribution in [1.29, 1.82) is 0 Å². The maximum atomic E-state index is 8.26. The summed E-state index contributed by atoms with van der Waals surface area (Å²) in [6, 6.07) is 7.43. The summed E-state index contributed by atoms with van der Waals surface area (Å²) in [4.78, 5) is 0. The zero-order valence-corrected chi connectivity index (χ0v) is 7.51. The Hall–Kier alpha value is -1.26. The highest BCUT2D eigenvalue weighted by Crippen LogP contribution is 2.30. The van der Waals surface area contributed by atoms with E-state index in [1.165, 1.54) is 5.56 Å². The molecule has 0 heterocycles. The van der Waals surface area contributed by atoms with Crippen LogP contribution in [0.3, 0.4) is 0 Å². The van der Waals surface area contributed by atoms with Gasteiger partial charge >= 0.3 is 0 Å². The SMILES string of the molecule is [2H]C1(NCC#C)CCc2ccccc21. The highest BCUT2D eigenvalue weighted by atomic mass is 14.9. The number of rotatable bonds is 2. The zero-order valence-electron chi connectivity index (χ0n) is 8.51. The van der Waals surface area contributed by atoms with Crippen LogP contribution in [-0.4, -0.2) is 6.54 Å². The van der Waals surface area contributed by atoms with Crippen molar-refractivity contribution in [1.82, 2.24) is 5.32 Å². The average Bonchev–Trinajstić information content (AvgIpc) is 2.55. The van der Waals surface area contributed by atoms with E-state index < -0.39 is 6.02 Å². The van der Waals surface area contributed by atoms with Gasteiger partial charge in [-0.3, -0.25) is 5.32 Å². The number of terminal acetylenes is 1. The number of fused-ring (bicyclic) bond motifs is 1. The Morgan fingerprint density at radius 3 is 3.31 bits per heavy atom. The van der Waals surface area contributed by atoms with Crippen LogP contribution < -0.4 is 5.32 Å². The molecule has 1 aromatic carbocycles. The maximum Gasteiger partial charge on any atom is 0.0578 e. The Morgan fingerprint density at radius 2 is 2.46 bits per heavy atom. The van der Waals surface area contributed by atoms with E-state index in [0.717, 1.165) is 18.4 Å². The molecule has 2 rings (SSSR count). The topological polar surface area (TPSA) is 12.0 Å². The van der Waals surface area contributed by atoms with Crippen molar-refractivity contribution < 1.29 is 1.37 Å². The van der Waals surface area contributed by atoms with Crippen LogP contribution >= 0.6 is 0 Å².